The highest BCUT2D eigenvalue weighted by atomic mass is 31.2. The Labute approximate surface area is 315 Å². The van der Waals surface area contributed by atoms with Gasteiger partial charge in [0.15, 0.2) is 0 Å². The second kappa shape index (κ2) is 35.7. The molecule has 0 aromatic rings. The lowest BCUT2D eigenvalue weighted by Crippen LogP contribution is -2.37. The van der Waals surface area contributed by atoms with E-state index in [1.807, 2.05) is 21.1 Å². The average Bonchev–Trinajstić information content (AvgIpc) is 3.08. The van der Waals surface area contributed by atoms with E-state index in [9.17, 15) is 14.3 Å². The average molecular weight is 743 g/mol. The number of phosphoric acid groups is 1. The molecule has 2 unspecified atom stereocenters. The summed E-state index contributed by atoms with van der Waals surface area (Å²) in [4.78, 5) is 22.8. The van der Waals surface area contributed by atoms with Crippen LogP contribution in [0.5, 0.6) is 0 Å². The van der Waals surface area contributed by atoms with Crippen LogP contribution in [0.15, 0.2) is 36.5 Å². The van der Waals surface area contributed by atoms with Gasteiger partial charge in [-0.15, -0.1) is 0 Å². The Kier molecular flexibility index (Phi) is 34.8. The maximum atomic E-state index is 12.6. The Balaban J connectivity index is 4.31. The second-order valence-electron chi connectivity index (χ2n) is 15.0. The van der Waals surface area contributed by atoms with E-state index in [2.05, 4.69) is 50.3 Å². The number of ether oxygens (including phenoxy) is 2. The summed E-state index contributed by atoms with van der Waals surface area (Å²) in [5, 5.41) is 0. The van der Waals surface area contributed by atoms with Gasteiger partial charge in [0.2, 0.25) is 0 Å². The Morgan fingerprint density at radius 3 is 1.65 bits per heavy atom. The summed E-state index contributed by atoms with van der Waals surface area (Å²) in [6.07, 6.45) is 40.2. The predicted octanol–water partition coefficient (Wildman–Crippen LogP) is 11.8. The lowest BCUT2D eigenvalue weighted by atomic mass is 10.1. The molecule has 0 aromatic carbocycles. The van der Waals surface area contributed by atoms with Crippen molar-refractivity contribution in [2.24, 2.45) is 0 Å². The van der Waals surface area contributed by atoms with Gasteiger partial charge in [0, 0.05) is 13.0 Å². The Morgan fingerprint density at radius 2 is 1.08 bits per heavy atom. The number of quaternary nitrogens is 1. The smallest absolute Gasteiger partial charge is 0.457 e. The molecule has 0 bridgehead atoms. The van der Waals surface area contributed by atoms with E-state index in [0.29, 0.717) is 24.1 Å². The van der Waals surface area contributed by atoms with E-state index in [1.165, 1.54) is 89.9 Å². The van der Waals surface area contributed by atoms with Crippen LogP contribution in [0.4, 0.5) is 0 Å². The number of hydrogen-bond acceptors (Lipinski definition) is 6. The molecule has 0 rings (SSSR count). The molecule has 0 fully saturated rings. The van der Waals surface area contributed by atoms with Crippen molar-refractivity contribution >= 4 is 13.8 Å². The molecule has 0 aliphatic heterocycles. The molecule has 0 spiro atoms. The number of carbonyl (C=O) groups is 1. The predicted molar refractivity (Wildman–Crippen MR) is 215 cm³/mol. The van der Waals surface area contributed by atoms with Crippen molar-refractivity contribution in [3.05, 3.63) is 36.5 Å². The molecule has 8 nitrogen and oxygen atoms in total. The largest absolute Gasteiger partial charge is 0.472 e. The number of rotatable bonds is 38. The number of esters is 1. The van der Waals surface area contributed by atoms with Gasteiger partial charge in [-0.1, -0.05) is 127 Å². The standard InChI is InChI=1S/C42H80NO7P/c1-6-8-10-12-14-16-18-20-22-23-25-27-29-31-33-35-42(44)50-41(40-49-51(45,46)48-38-36-43(3,4)5)39-47-37-34-32-30-28-26-24-21-19-17-15-13-11-9-7-2/h14,16-17,19-20,22,41H,6-13,15,18,21,23-40H2,1-5H3/p+1/b16-14-,19-17-,22-20-. The van der Waals surface area contributed by atoms with Gasteiger partial charge in [-0.25, -0.2) is 4.57 Å². The Morgan fingerprint density at radius 1 is 0.608 bits per heavy atom. The van der Waals surface area contributed by atoms with Crippen molar-refractivity contribution in [3.8, 4) is 0 Å². The zero-order chi connectivity index (χ0) is 37.7. The van der Waals surface area contributed by atoms with E-state index in [1.54, 1.807) is 0 Å². The molecular weight excluding hydrogens is 661 g/mol. The number of unbranched alkanes of at least 4 members (excludes halogenated alkanes) is 18. The van der Waals surface area contributed by atoms with E-state index in [4.69, 9.17) is 18.5 Å². The second-order valence-corrected chi connectivity index (χ2v) is 16.5. The van der Waals surface area contributed by atoms with Crippen LogP contribution in [-0.2, 0) is 27.9 Å². The van der Waals surface area contributed by atoms with Crippen molar-refractivity contribution in [3.63, 3.8) is 0 Å². The van der Waals surface area contributed by atoms with E-state index < -0.39 is 13.9 Å². The van der Waals surface area contributed by atoms with Gasteiger partial charge in [-0.05, 0) is 70.6 Å². The third-order valence-electron chi connectivity index (χ3n) is 8.67. The van der Waals surface area contributed by atoms with Crippen molar-refractivity contribution in [2.75, 3.05) is 54.1 Å². The van der Waals surface area contributed by atoms with Gasteiger partial charge < -0.3 is 18.9 Å². The zero-order valence-electron chi connectivity index (χ0n) is 33.8. The highest BCUT2D eigenvalue weighted by Gasteiger charge is 2.26. The molecule has 0 radical (unpaired) electrons. The third kappa shape index (κ3) is 39.8. The first-order valence-electron chi connectivity index (χ1n) is 20.7. The summed E-state index contributed by atoms with van der Waals surface area (Å²) in [6.45, 7) is 5.55. The minimum absolute atomic E-state index is 0.0842. The number of nitrogens with zero attached hydrogens (tertiary/aromatic N) is 1. The van der Waals surface area contributed by atoms with E-state index >= 15 is 0 Å². The number of carbonyl (C=O) groups excluding carboxylic acids is 1. The van der Waals surface area contributed by atoms with Crippen LogP contribution in [0.1, 0.15) is 168 Å². The molecule has 0 aromatic heterocycles. The fraction of sp³-hybridized carbons (Fsp3) is 0.833. The Bertz CT molecular complexity index is 915. The van der Waals surface area contributed by atoms with Crippen LogP contribution in [-0.4, -0.2) is 75.6 Å². The quantitative estimate of drug-likeness (QED) is 0.0221. The van der Waals surface area contributed by atoms with Crippen molar-refractivity contribution < 1.29 is 37.3 Å². The van der Waals surface area contributed by atoms with E-state index in [0.717, 1.165) is 57.8 Å². The molecule has 0 heterocycles. The normalized spacial score (nSPS) is 14.2. The van der Waals surface area contributed by atoms with Crippen molar-refractivity contribution in [2.45, 2.75) is 174 Å². The van der Waals surface area contributed by atoms with Gasteiger partial charge in [-0.2, -0.15) is 0 Å². The van der Waals surface area contributed by atoms with Crippen LogP contribution >= 0.6 is 7.82 Å². The molecule has 9 heteroatoms. The maximum absolute atomic E-state index is 12.6. The lowest BCUT2D eigenvalue weighted by Gasteiger charge is -2.24. The summed E-state index contributed by atoms with van der Waals surface area (Å²) >= 11 is 0. The first kappa shape index (κ1) is 49.7. The number of phosphoric ester groups is 1. The molecule has 300 valence electrons. The highest BCUT2D eigenvalue weighted by molar-refractivity contribution is 7.47. The number of likely N-dealkylation sites (N-methyl/N-ethyl adjacent to an activating group) is 1. The SMILES string of the molecule is CCCCC/C=C\C/C=C\CCCCCCCC(=O)OC(COCCCCCCCC/C=C\CCCCCC)COP(=O)(O)OCC[N+](C)(C)C. The van der Waals surface area contributed by atoms with Crippen LogP contribution in [0.2, 0.25) is 0 Å². The van der Waals surface area contributed by atoms with Crippen LogP contribution in [0.3, 0.4) is 0 Å². The van der Waals surface area contributed by atoms with Crippen molar-refractivity contribution in [1.82, 2.24) is 0 Å². The van der Waals surface area contributed by atoms with Gasteiger partial charge >= 0.3 is 13.8 Å². The number of hydrogen-bond donors (Lipinski definition) is 1. The topological polar surface area (TPSA) is 91.3 Å². The fourth-order valence-corrected chi connectivity index (χ4v) is 6.14. The van der Waals surface area contributed by atoms with E-state index in [-0.39, 0.29) is 25.8 Å². The fourth-order valence-electron chi connectivity index (χ4n) is 5.40. The van der Waals surface area contributed by atoms with Gasteiger partial charge in [0.05, 0.1) is 34.4 Å². The summed E-state index contributed by atoms with van der Waals surface area (Å²) in [5.74, 6) is -0.331. The third-order valence-corrected chi connectivity index (χ3v) is 9.66. The molecule has 2 atom stereocenters. The molecule has 0 saturated heterocycles. The van der Waals surface area contributed by atoms with Crippen molar-refractivity contribution in [1.29, 1.82) is 0 Å². The van der Waals surface area contributed by atoms with Gasteiger partial charge in [-0.3, -0.25) is 13.8 Å². The summed E-state index contributed by atoms with van der Waals surface area (Å²) in [5.41, 5.74) is 0. The summed E-state index contributed by atoms with van der Waals surface area (Å²) in [7, 11) is 1.65. The first-order valence-corrected chi connectivity index (χ1v) is 22.2. The minimum Gasteiger partial charge on any atom is -0.457 e. The molecule has 0 amide bonds. The molecular formula is C42H81NO7P+. The summed E-state index contributed by atoms with van der Waals surface area (Å²) in [6, 6.07) is 0. The van der Waals surface area contributed by atoms with Crippen LogP contribution in [0.25, 0.3) is 0 Å². The monoisotopic (exact) mass is 743 g/mol. The zero-order valence-corrected chi connectivity index (χ0v) is 34.7. The first-order chi connectivity index (χ1) is 24.6. The molecule has 0 aliphatic rings. The molecule has 51 heavy (non-hydrogen) atoms. The van der Waals surface area contributed by atoms with Gasteiger partial charge in [0.1, 0.15) is 19.3 Å². The number of allylic oxidation sites excluding steroid dienone is 6. The van der Waals surface area contributed by atoms with Crippen LogP contribution < -0.4 is 0 Å². The summed E-state index contributed by atoms with van der Waals surface area (Å²) < 4.78 is 34.9. The molecule has 0 saturated carbocycles. The Hall–Kier alpha value is -1.28. The van der Waals surface area contributed by atoms with Gasteiger partial charge in [0.25, 0.3) is 0 Å². The minimum atomic E-state index is -4.27. The maximum Gasteiger partial charge on any atom is 0.472 e. The lowest BCUT2D eigenvalue weighted by molar-refractivity contribution is -0.870. The highest BCUT2D eigenvalue weighted by Crippen LogP contribution is 2.43. The van der Waals surface area contributed by atoms with Crippen LogP contribution in [0, 0.1) is 0 Å². The molecule has 0 aliphatic carbocycles. The molecule has 1 N–H and O–H groups in total.